The van der Waals surface area contributed by atoms with Crippen molar-refractivity contribution in [2.24, 2.45) is 0 Å². The van der Waals surface area contributed by atoms with Gasteiger partial charge in [0.05, 0.1) is 0 Å². The number of hydrogen-bond donors (Lipinski definition) is 2. The van der Waals surface area contributed by atoms with Crippen molar-refractivity contribution < 1.29 is 18.7 Å². The third-order valence-corrected chi connectivity index (χ3v) is 5.98. The zero-order valence-corrected chi connectivity index (χ0v) is 18.7. The van der Waals surface area contributed by atoms with Crippen LogP contribution in [0.2, 0.25) is 0 Å². The van der Waals surface area contributed by atoms with Crippen molar-refractivity contribution in [2.75, 3.05) is 5.32 Å². The number of aromatic nitrogens is 2. The molecule has 8 nitrogen and oxygen atoms in total. The maximum atomic E-state index is 13.1. The molecule has 34 heavy (non-hydrogen) atoms. The monoisotopic (exact) mass is 456 g/mol. The smallest absolute Gasteiger partial charge is 0.302 e. The lowest BCUT2D eigenvalue weighted by Crippen LogP contribution is -2.61. The number of fused-ring (bicyclic) bond motifs is 1. The van der Waals surface area contributed by atoms with E-state index in [1.165, 1.54) is 6.20 Å². The van der Waals surface area contributed by atoms with Crippen LogP contribution in [0.3, 0.4) is 0 Å². The quantitative estimate of drug-likeness (QED) is 0.427. The van der Waals surface area contributed by atoms with Gasteiger partial charge in [-0.3, -0.25) is 14.9 Å². The molecule has 1 saturated carbocycles. The standard InChI is InChI=1S/C26H24N4O4/c1-17-10-11-20-19(15-17)28-25(34-20)29-24(32)26(12-6-13-26)30-23(31)22-21(9-5-14-27-22)33-16-18-7-3-2-4-8-18/h2-5,7-11,14-15H,6,12-13,16H2,1H3,(H,30,31)(H,28,29,32). The number of oxazole rings is 1. The van der Waals surface area contributed by atoms with Crippen molar-refractivity contribution in [3.05, 3.63) is 83.7 Å². The highest BCUT2D eigenvalue weighted by molar-refractivity contribution is 6.04. The number of benzene rings is 2. The zero-order valence-electron chi connectivity index (χ0n) is 18.7. The lowest BCUT2D eigenvalue weighted by Gasteiger charge is -2.40. The summed E-state index contributed by atoms with van der Waals surface area (Å²) in [6.45, 7) is 2.26. The van der Waals surface area contributed by atoms with E-state index in [1.807, 2.05) is 55.5 Å². The van der Waals surface area contributed by atoms with E-state index >= 15 is 0 Å². The molecule has 1 fully saturated rings. The molecular weight excluding hydrogens is 432 g/mol. The molecule has 172 valence electrons. The van der Waals surface area contributed by atoms with E-state index in [9.17, 15) is 9.59 Å². The first-order valence-electron chi connectivity index (χ1n) is 11.2. The average molecular weight is 457 g/mol. The molecule has 2 amide bonds. The zero-order chi connectivity index (χ0) is 23.5. The number of nitrogens with zero attached hydrogens (tertiary/aromatic N) is 2. The van der Waals surface area contributed by atoms with Gasteiger partial charge in [-0.2, -0.15) is 4.98 Å². The van der Waals surface area contributed by atoms with Gasteiger partial charge in [0, 0.05) is 6.20 Å². The van der Waals surface area contributed by atoms with Gasteiger partial charge in [0.2, 0.25) is 0 Å². The Kier molecular flexibility index (Phi) is 5.71. The van der Waals surface area contributed by atoms with Crippen LogP contribution in [0.15, 0.2) is 71.3 Å². The number of amides is 2. The van der Waals surface area contributed by atoms with Gasteiger partial charge in [0.15, 0.2) is 17.0 Å². The minimum Gasteiger partial charge on any atom is -0.486 e. The third-order valence-electron chi connectivity index (χ3n) is 5.98. The summed E-state index contributed by atoms with van der Waals surface area (Å²) < 4.78 is 11.5. The Labute approximate surface area is 196 Å². The summed E-state index contributed by atoms with van der Waals surface area (Å²) in [4.78, 5) is 34.9. The van der Waals surface area contributed by atoms with Gasteiger partial charge in [-0.05, 0) is 61.6 Å². The molecule has 0 radical (unpaired) electrons. The van der Waals surface area contributed by atoms with Crippen LogP contribution < -0.4 is 15.4 Å². The summed E-state index contributed by atoms with van der Waals surface area (Å²) in [5.74, 6) is -0.474. The molecule has 1 aliphatic rings. The predicted molar refractivity (Wildman–Crippen MR) is 126 cm³/mol. The summed E-state index contributed by atoms with van der Waals surface area (Å²) in [7, 11) is 0. The molecule has 2 aromatic heterocycles. The molecule has 0 aliphatic heterocycles. The van der Waals surface area contributed by atoms with Crippen LogP contribution in [0.5, 0.6) is 5.75 Å². The molecule has 5 rings (SSSR count). The summed E-state index contributed by atoms with van der Waals surface area (Å²) in [5, 5.41) is 5.61. The van der Waals surface area contributed by atoms with Crippen LogP contribution in [0.4, 0.5) is 6.01 Å². The molecule has 1 aliphatic carbocycles. The number of carbonyl (C=O) groups excluding carboxylic acids is 2. The van der Waals surface area contributed by atoms with Crippen LogP contribution in [0.1, 0.15) is 40.9 Å². The minimum absolute atomic E-state index is 0.107. The number of anilines is 1. The van der Waals surface area contributed by atoms with Crippen LogP contribution in [-0.4, -0.2) is 27.3 Å². The molecule has 2 N–H and O–H groups in total. The lowest BCUT2D eigenvalue weighted by atomic mass is 9.75. The second-order valence-electron chi connectivity index (χ2n) is 8.46. The first-order valence-corrected chi connectivity index (χ1v) is 11.2. The van der Waals surface area contributed by atoms with Gasteiger partial charge in [-0.1, -0.05) is 36.4 Å². The first kappa shape index (κ1) is 21.6. The number of hydrogen-bond acceptors (Lipinski definition) is 6. The second kappa shape index (κ2) is 8.97. The highest BCUT2D eigenvalue weighted by atomic mass is 16.5. The van der Waals surface area contributed by atoms with E-state index in [4.69, 9.17) is 9.15 Å². The van der Waals surface area contributed by atoms with Gasteiger partial charge < -0.3 is 14.5 Å². The van der Waals surface area contributed by atoms with Crippen LogP contribution in [0.25, 0.3) is 11.1 Å². The Balaban J connectivity index is 1.30. The van der Waals surface area contributed by atoms with E-state index in [0.29, 0.717) is 36.3 Å². The average Bonchev–Trinajstić information content (AvgIpc) is 3.22. The Morgan fingerprint density at radius 1 is 1.09 bits per heavy atom. The molecule has 4 aromatic rings. The molecule has 0 spiro atoms. The van der Waals surface area contributed by atoms with Crippen molar-refractivity contribution >= 4 is 28.9 Å². The number of pyridine rings is 1. The lowest BCUT2D eigenvalue weighted by molar-refractivity contribution is -0.125. The second-order valence-corrected chi connectivity index (χ2v) is 8.46. The Bertz CT molecular complexity index is 1350. The van der Waals surface area contributed by atoms with Gasteiger partial charge >= 0.3 is 6.01 Å². The van der Waals surface area contributed by atoms with Gasteiger partial charge in [0.25, 0.3) is 11.8 Å². The van der Waals surface area contributed by atoms with Crippen LogP contribution in [0, 0.1) is 6.92 Å². The Morgan fingerprint density at radius 2 is 1.91 bits per heavy atom. The summed E-state index contributed by atoms with van der Waals surface area (Å²) in [6.07, 6.45) is 3.37. The van der Waals surface area contributed by atoms with Crippen molar-refractivity contribution in [3.63, 3.8) is 0 Å². The van der Waals surface area contributed by atoms with Gasteiger partial charge in [0.1, 0.15) is 17.7 Å². The highest BCUT2D eigenvalue weighted by Crippen LogP contribution is 2.34. The van der Waals surface area contributed by atoms with Crippen molar-refractivity contribution in [1.29, 1.82) is 0 Å². The third kappa shape index (κ3) is 4.34. The van der Waals surface area contributed by atoms with Crippen LogP contribution in [-0.2, 0) is 11.4 Å². The molecule has 2 heterocycles. The summed E-state index contributed by atoms with van der Waals surface area (Å²) >= 11 is 0. The molecule has 8 heteroatoms. The van der Waals surface area contributed by atoms with Gasteiger partial charge in [-0.15, -0.1) is 0 Å². The number of carbonyl (C=O) groups is 2. The molecule has 0 saturated heterocycles. The SMILES string of the molecule is Cc1ccc2oc(NC(=O)C3(NC(=O)c4ncccc4OCc4ccccc4)CCC3)nc2c1. The number of ether oxygens (including phenoxy) is 1. The molecule has 0 unspecified atom stereocenters. The van der Waals surface area contributed by atoms with Crippen molar-refractivity contribution in [3.8, 4) is 5.75 Å². The van der Waals surface area contributed by atoms with E-state index in [-0.39, 0.29) is 17.6 Å². The van der Waals surface area contributed by atoms with E-state index < -0.39 is 11.4 Å². The minimum atomic E-state index is -1.05. The Hall–Kier alpha value is -4.20. The Morgan fingerprint density at radius 3 is 2.68 bits per heavy atom. The fourth-order valence-electron chi connectivity index (χ4n) is 3.94. The molecule has 0 atom stereocenters. The fourth-order valence-corrected chi connectivity index (χ4v) is 3.94. The van der Waals surface area contributed by atoms with E-state index in [2.05, 4.69) is 20.6 Å². The van der Waals surface area contributed by atoms with Crippen molar-refractivity contribution in [2.45, 2.75) is 38.3 Å². The van der Waals surface area contributed by atoms with Gasteiger partial charge in [-0.25, -0.2) is 4.98 Å². The molecule has 2 aromatic carbocycles. The van der Waals surface area contributed by atoms with Crippen molar-refractivity contribution in [1.82, 2.24) is 15.3 Å². The maximum Gasteiger partial charge on any atom is 0.302 e. The predicted octanol–water partition coefficient (Wildman–Crippen LogP) is 4.40. The largest absolute Gasteiger partial charge is 0.486 e. The highest BCUT2D eigenvalue weighted by Gasteiger charge is 2.46. The first-order chi connectivity index (χ1) is 16.5. The topological polar surface area (TPSA) is 106 Å². The fraction of sp³-hybridized carbons (Fsp3) is 0.231. The summed E-state index contributed by atoms with van der Waals surface area (Å²) in [5.41, 5.74) is 2.34. The normalized spacial score (nSPS) is 14.3. The summed E-state index contributed by atoms with van der Waals surface area (Å²) in [6, 6.07) is 18.8. The van der Waals surface area contributed by atoms with E-state index in [0.717, 1.165) is 17.5 Å². The maximum absolute atomic E-state index is 13.1. The molecule has 0 bridgehead atoms. The number of nitrogens with one attached hydrogen (secondary N) is 2. The van der Waals surface area contributed by atoms with E-state index in [1.54, 1.807) is 12.1 Å². The number of rotatable bonds is 7. The number of aryl methyl sites for hydroxylation is 1. The van der Waals surface area contributed by atoms with Crippen LogP contribution >= 0.6 is 0 Å². The molecular formula is C26H24N4O4.